The zero-order chi connectivity index (χ0) is 11.5. The average Bonchev–Trinajstić information content (AvgIpc) is 2.21. The third kappa shape index (κ3) is 10.0. The molecule has 3 N–H and O–H groups in total. The maximum atomic E-state index is 7.19. The second kappa shape index (κ2) is 10.3. The molecule has 0 aliphatic carbocycles. The molecule has 0 radical (unpaired) electrons. The number of hydrogen-bond donors (Lipinski definition) is 2. The number of rotatable bonds is 10. The number of nitrogens with two attached hydrogens (primary N) is 1. The molecule has 0 aromatic rings. The number of methoxy groups -OCH3 is 1. The summed E-state index contributed by atoms with van der Waals surface area (Å²) < 4.78 is 5.05. The zero-order valence-electron chi connectivity index (χ0n) is 9.79. The van der Waals surface area contributed by atoms with Crippen molar-refractivity contribution in [3.8, 4) is 0 Å². The van der Waals surface area contributed by atoms with Gasteiger partial charge >= 0.3 is 0 Å². The van der Waals surface area contributed by atoms with Crippen molar-refractivity contribution in [3.63, 3.8) is 0 Å². The molecule has 0 fully saturated rings. The highest BCUT2D eigenvalue weighted by molar-refractivity contribution is 7.98. The first-order valence-corrected chi connectivity index (χ1v) is 6.63. The van der Waals surface area contributed by atoms with Crippen LogP contribution in [0.15, 0.2) is 0 Å². The second-order valence-corrected chi connectivity index (χ2v) is 4.44. The predicted octanol–water partition coefficient (Wildman–Crippen LogP) is 1.01. The third-order valence-corrected chi connectivity index (χ3v) is 2.83. The van der Waals surface area contributed by atoms with Crippen LogP contribution in [0.2, 0.25) is 0 Å². The Balaban J connectivity index is 3.67. The van der Waals surface area contributed by atoms with E-state index in [1.54, 1.807) is 7.11 Å². The summed E-state index contributed by atoms with van der Waals surface area (Å²) in [5.74, 6) is 1.45. The van der Waals surface area contributed by atoms with Crippen LogP contribution in [0.25, 0.3) is 0 Å². The standard InChI is InChI=1S/C10H23N3OS/c1-14-8-7-13(5-3-9-15-2)6-4-10(11)12/h3-9H2,1-2H3,(H3,11,12). The van der Waals surface area contributed by atoms with Crippen molar-refractivity contribution in [2.24, 2.45) is 5.73 Å². The van der Waals surface area contributed by atoms with Crippen molar-refractivity contribution in [2.45, 2.75) is 12.8 Å². The van der Waals surface area contributed by atoms with Crippen LogP contribution in [-0.2, 0) is 4.74 Å². The first-order chi connectivity index (χ1) is 7.20. The van der Waals surface area contributed by atoms with E-state index in [2.05, 4.69) is 11.2 Å². The van der Waals surface area contributed by atoms with Gasteiger partial charge in [0, 0.05) is 26.6 Å². The summed E-state index contributed by atoms with van der Waals surface area (Å²) in [6, 6.07) is 0. The van der Waals surface area contributed by atoms with Gasteiger partial charge in [-0.15, -0.1) is 0 Å². The molecule has 0 atom stereocenters. The topological polar surface area (TPSA) is 62.3 Å². The van der Waals surface area contributed by atoms with Gasteiger partial charge in [0.25, 0.3) is 0 Å². The molecule has 0 spiro atoms. The molecule has 4 nitrogen and oxygen atoms in total. The van der Waals surface area contributed by atoms with Gasteiger partial charge in [0.15, 0.2) is 0 Å². The molecule has 0 bridgehead atoms. The molecule has 5 heteroatoms. The second-order valence-electron chi connectivity index (χ2n) is 3.46. The van der Waals surface area contributed by atoms with E-state index in [0.717, 1.165) is 26.2 Å². The Labute approximate surface area is 97.0 Å². The van der Waals surface area contributed by atoms with Gasteiger partial charge in [-0.3, -0.25) is 5.41 Å². The minimum Gasteiger partial charge on any atom is -0.388 e. The van der Waals surface area contributed by atoms with E-state index in [4.69, 9.17) is 15.9 Å². The number of amidine groups is 1. The van der Waals surface area contributed by atoms with Crippen LogP contribution in [0, 0.1) is 5.41 Å². The molecular formula is C10H23N3OS. The lowest BCUT2D eigenvalue weighted by atomic mass is 10.3. The number of hydrogen-bond acceptors (Lipinski definition) is 4. The summed E-state index contributed by atoms with van der Waals surface area (Å²) in [7, 11) is 1.71. The SMILES string of the molecule is COCCN(CCCSC)CCC(=N)N. The van der Waals surface area contributed by atoms with Crippen molar-refractivity contribution >= 4 is 17.6 Å². The normalized spacial score (nSPS) is 10.9. The number of ether oxygens (including phenoxy) is 1. The molecule has 15 heavy (non-hydrogen) atoms. The molecule has 0 rings (SSSR count). The van der Waals surface area contributed by atoms with Gasteiger partial charge in [-0.1, -0.05) is 0 Å². The van der Waals surface area contributed by atoms with Gasteiger partial charge < -0.3 is 15.4 Å². The molecule has 0 aromatic heterocycles. The number of nitrogens with one attached hydrogen (secondary N) is 1. The summed E-state index contributed by atoms with van der Waals surface area (Å²) in [6.07, 6.45) is 3.96. The average molecular weight is 233 g/mol. The molecule has 0 unspecified atom stereocenters. The van der Waals surface area contributed by atoms with Crippen molar-refractivity contribution in [3.05, 3.63) is 0 Å². The smallest absolute Gasteiger partial charge is 0.0918 e. The Kier molecular flexibility index (Phi) is 10.1. The highest BCUT2D eigenvalue weighted by Crippen LogP contribution is 1.99. The van der Waals surface area contributed by atoms with E-state index in [0.29, 0.717) is 6.42 Å². The highest BCUT2D eigenvalue weighted by atomic mass is 32.2. The summed E-state index contributed by atoms with van der Waals surface area (Å²) in [5.41, 5.74) is 5.35. The Morgan fingerprint density at radius 3 is 2.67 bits per heavy atom. The van der Waals surface area contributed by atoms with Crippen LogP contribution in [0.4, 0.5) is 0 Å². The zero-order valence-corrected chi connectivity index (χ0v) is 10.6. The van der Waals surface area contributed by atoms with Crippen LogP contribution in [0.5, 0.6) is 0 Å². The van der Waals surface area contributed by atoms with Crippen molar-refractivity contribution in [2.75, 3.05) is 45.4 Å². The van der Waals surface area contributed by atoms with Crippen LogP contribution in [0.3, 0.4) is 0 Å². The molecule has 0 saturated heterocycles. The van der Waals surface area contributed by atoms with Gasteiger partial charge in [0.05, 0.1) is 12.4 Å². The highest BCUT2D eigenvalue weighted by Gasteiger charge is 2.04. The summed E-state index contributed by atoms with van der Waals surface area (Å²) in [6.45, 7) is 3.61. The minimum absolute atomic E-state index is 0.266. The van der Waals surface area contributed by atoms with Gasteiger partial charge in [-0.25, -0.2) is 0 Å². The molecule has 0 aliphatic heterocycles. The first-order valence-electron chi connectivity index (χ1n) is 5.23. The Morgan fingerprint density at radius 2 is 2.13 bits per heavy atom. The Hall–Kier alpha value is -0.260. The van der Waals surface area contributed by atoms with Crippen LogP contribution >= 0.6 is 11.8 Å². The fraction of sp³-hybridized carbons (Fsp3) is 0.900. The van der Waals surface area contributed by atoms with E-state index in [9.17, 15) is 0 Å². The summed E-state index contributed by atoms with van der Waals surface area (Å²) >= 11 is 1.87. The molecule has 0 aromatic carbocycles. The lowest BCUT2D eigenvalue weighted by Crippen LogP contribution is -2.32. The van der Waals surface area contributed by atoms with Gasteiger partial charge in [0.2, 0.25) is 0 Å². The predicted molar refractivity (Wildman–Crippen MR) is 67.8 cm³/mol. The molecular weight excluding hydrogens is 210 g/mol. The quantitative estimate of drug-likeness (QED) is 0.336. The monoisotopic (exact) mass is 233 g/mol. The van der Waals surface area contributed by atoms with Crippen molar-refractivity contribution in [1.29, 1.82) is 5.41 Å². The molecule has 0 amide bonds. The maximum absolute atomic E-state index is 7.19. The summed E-state index contributed by atoms with van der Waals surface area (Å²) in [5, 5.41) is 7.19. The van der Waals surface area contributed by atoms with E-state index >= 15 is 0 Å². The lowest BCUT2D eigenvalue weighted by Gasteiger charge is -2.21. The van der Waals surface area contributed by atoms with Crippen LogP contribution in [-0.4, -0.2) is 56.1 Å². The minimum atomic E-state index is 0.266. The van der Waals surface area contributed by atoms with Gasteiger partial charge in [0.1, 0.15) is 0 Å². The molecule has 0 saturated carbocycles. The molecule has 90 valence electrons. The van der Waals surface area contributed by atoms with Crippen LogP contribution < -0.4 is 5.73 Å². The van der Waals surface area contributed by atoms with Crippen molar-refractivity contribution < 1.29 is 4.74 Å². The van der Waals surface area contributed by atoms with E-state index in [-0.39, 0.29) is 5.84 Å². The third-order valence-electron chi connectivity index (χ3n) is 2.13. The maximum Gasteiger partial charge on any atom is 0.0918 e. The van der Waals surface area contributed by atoms with Crippen LogP contribution in [0.1, 0.15) is 12.8 Å². The Morgan fingerprint density at radius 1 is 1.40 bits per heavy atom. The summed E-state index contributed by atoms with van der Waals surface area (Å²) in [4.78, 5) is 2.31. The largest absolute Gasteiger partial charge is 0.388 e. The number of thioether (sulfide) groups is 1. The number of nitrogens with zero attached hydrogens (tertiary/aromatic N) is 1. The lowest BCUT2D eigenvalue weighted by molar-refractivity contribution is 0.149. The molecule has 0 heterocycles. The van der Waals surface area contributed by atoms with E-state index in [1.807, 2.05) is 11.8 Å². The fourth-order valence-corrected chi connectivity index (χ4v) is 1.68. The van der Waals surface area contributed by atoms with Crippen molar-refractivity contribution in [1.82, 2.24) is 4.90 Å². The first kappa shape index (κ1) is 14.7. The molecule has 0 aliphatic rings. The van der Waals surface area contributed by atoms with Gasteiger partial charge in [-0.05, 0) is 25.0 Å². The Bertz CT molecular complexity index is 167. The van der Waals surface area contributed by atoms with E-state index < -0.39 is 0 Å². The van der Waals surface area contributed by atoms with Gasteiger partial charge in [-0.2, -0.15) is 11.8 Å². The van der Waals surface area contributed by atoms with E-state index in [1.165, 1.54) is 12.2 Å². The fourth-order valence-electron chi connectivity index (χ4n) is 1.27.